The maximum atomic E-state index is 10.9. The van der Waals surface area contributed by atoms with E-state index in [1.165, 1.54) is 0 Å². The Morgan fingerprint density at radius 2 is 1.80 bits per heavy atom. The first kappa shape index (κ1) is 9.59. The molecule has 3 nitrogen and oxygen atoms in total. The van der Waals surface area contributed by atoms with Gasteiger partial charge in [0.2, 0.25) is 0 Å². The summed E-state index contributed by atoms with van der Waals surface area (Å²) < 4.78 is 0. The van der Waals surface area contributed by atoms with Crippen LogP contribution in [0.5, 0.6) is 0 Å². The molecule has 0 rings (SSSR count). The van der Waals surface area contributed by atoms with Gasteiger partial charge in [-0.15, -0.1) is 0 Å². The largest absolute Gasteiger partial charge is 0.298 e. The van der Waals surface area contributed by atoms with Crippen molar-refractivity contribution in [1.29, 1.82) is 0 Å². The molecule has 0 unspecified atom stereocenters. The molecule has 0 aromatic heterocycles. The molecule has 0 aliphatic rings. The average Bonchev–Trinajstić information content (AvgIpc) is 1.87. The molecule has 60 valence electrons. The molecular weight excluding hydrogens is 128 g/mol. The van der Waals surface area contributed by atoms with Gasteiger partial charge in [-0.1, -0.05) is 6.92 Å². The predicted molar refractivity (Wildman–Crippen MR) is 41.6 cm³/mol. The van der Waals surface area contributed by atoms with Crippen molar-refractivity contribution in [3.63, 3.8) is 0 Å². The van der Waals surface area contributed by atoms with Crippen LogP contribution in [0.1, 0.15) is 13.3 Å². The molecule has 0 spiro atoms. The molecule has 0 heterocycles. The van der Waals surface area contributed by atoms with Crippen LogP contribution in [0.15, 0.2) is 0 Å². The van der Waals surface area contributed by atoms with Crippen molar-refractivity contribution >= 4 is 5.78 Å². The summed E-state index contributed by atoms with van der Waals surface area (Å²) in [5, 5.41) is 3.78. The van der Waals surface area contributed by atoms with Crippen LogP contribution in [0.25, 0.3) is 0 Å². The highest BCUT2D eigenvalue weighted by atomic mass is 16.1. The number of hydrogen-bond acceptors (Lipinski definition) is 3. The monoisotopic (exact) mass is 144 g/mol. The first-order valence-corrected chi connectivity index (χ1v) is 3.48. The maximum absolute atomic E-state index is 10.9. The summed E-state index contributed by atoms with van der Waals surface area (Å²) in [6, 6.07) is 0. The summed E-state index contributed by atoms with van der Waals surface area (Å²) in [5.74, 6) is 0.274. The maximum Gasteiger partial charge on any atom is 0.148 e. The highest BCUT2D eigenvalue weighted by Gasteiger charge is 2.04. The molecule has 0 saturated carbocycles. The number of hydrogen-bond donors (Lipinski definition) is 0. The zero-order chi connectivity index (χ0) is 8.15. The second-order valence-corrected chi connectivity index (χ2v) is 2.56. The lowest BCUT2D eigenvalue weighted by Gasteiger charge is -2.22. The Labute approximate surface area is 62.6 Å². The number of carbonyl (C=O) groups excluding carboxylic acids is 1. The van der Waals surface area contributed by atoms with E-state index in [0.717, 1.165) is 0 Å². The van der Waals surface area contributed by atoms with E-state index < -0.39 is 0 Å². The molecule has 0 aromatic carbocycles. The van der Waals surface area contributed by atoms with Gasteiger partial charge in [0.05, 0.1) is 6.54 Å². The molecule has 0 N–H and O–H groups in total. The van der Waals surface area contributed by atoms with E-state index in [1.807, 2.05) is 38.1 Å². The summed E-state index contributed by atoms with van der Waals surface area (Å²) in [7, 11) is 5.74. The van der Waals surface area contributed by atoms with Crippen LogP contribution in [-0.2, 0) is 4.79 Å². The highest BCUT2D eigenvalue weighted by Crippen LogP contribution is 1.88. The standard InChI is InChI=1S/C7H16N2O/c1-5-7(10)6-9(4)8(2)3/h5-6H2,1-4H3. The van der Waals surface area contributed by atoms with Crippen LogP contribution >= 0.6 is 0 Å². The van der Waals surface area contributed by atoms with Crippen LogP contribution in [0.3, 0.4) is 0 Å². The van der Waals surface area contributed by atoms with Gasteiger partial charge >= 0.3 is 0 Å². The Kier molecular flexibility index (Phi) is 4.23. The van der Waals surface area contributed by atoms with Gasteiger partial charge in [-0.2, -0.15) is 0 Å². The van der Waals surface area contributed by atoms with E-state index in [9.17, 15) is 4.79 Å². The molecule has 0 fully saturated rings. The van der Waals surface area contributed by atoms with Gasteiger partial charge in [-0.3, -0.25) is 4.79 Å². The number of rotatable bonds is 4. The number of likely N-dealkylation sites (N-methyl/N-ethyl adjacent to an activating group) is 1. The normalized spacial score (nSPS) is 11.0. The van der Waals surface area contributed by atoms with Gasteiger partial charge in [0.25, 0.3) is 0 Å². The Balaban J connectivity index is 3.57. The van der Waals surface area contributed by atoms with Crippen molar-refractivity contribution < 1.29 is 4.79 Å². The van der Waals surface area contributed by atoms with E-state index in [4.69, 9.17) is 0 Å². The molecule has 3 heteroatoms. The highest BCUT2D eigenvalue weighted by molar-refractivity contribution is 5.79. The first-order valence-electron chi connectivity index (χ1n) is 3.48. The number of Topliss-reactive ketones (excluding diaryl/α,β-unsaturated/α-hetero) is 1. The number of nitrogens with zero attached hydrogens (tertiary/aromatic N) is 2. The molecule has 0 bridgehead atoms. The second-order valence-electron chi connectivity index (χ2n) is 2.56. The lowest BCUT2D eigenvalue weighted by molar-refractivity contribution is -0.122. The molecular formula is C7H16N2O. The van der Waals surface area contributed by atoms with Crippen molar-refractivity contribution in [2.24, 2.45) is 0 Å². The van der Waals surface area contributed by atoms with E-state index in [1.54, 1.807) is 0 Å². The van der Waals surface area contributed by atoms with Gasteiger partial charge < -0.3 is 0 Å². The van der Waals surface area contributed by atoms with Crippen LogP contribution in [0, 0.1) is 0 Å². The number of hydrazine groups is 1. The lowest BCUT2D eigenvalue weighted by atomic mass is 10.3. The Morgan fingerprint density at radius 3 is 2.10 bits per heavy atom. The summed E-state index contributed by atoms with van der Waals surface area (Å²) in [6.07, 6.45) is 0.623. The van der Waals surface area contributed by atoms with Gasteiger partial charge in [0.1, 0.15) is 5.78 Å². The van der Waals surface area contributed by atoms with Crippen molar-refractivity contribution in [2.75, 3.05) is 27.7 Å². The minimum atomic E-state index is 0.274. The zero-order valence-electron chi connectivity index (χ0n) is 7.22. The molecule has 0 aliphatic heterocycles. The van der Waals surface area contributed by atoms with Crippen LogP contribution in [0.4, 0.5) is 0 Å². The minimum absolute atomic E-state index is 0.274. The fourth-order valence-corrected chi connectivity index (χ4v) is 0.508. The summed E-state index contributed by atoms with van der Waals surface area (Å²) in [5.41, 5.74) is 0. The van der Waals surface area contributed by atoms with Crippen molar-refractivity contribution in [3.05, 3.63) is 0 Å². The summed E-state index contributed by atoms with van der Waals surface area (Å²) >= 11 is 0. The predicted octanol–water partition coefficient (Wildman–Crippen LogP) is 0.374. The van der Waals surface area contributed by atoms with Gasteiger partial charge in [0.15, 0.2) is 0 Å². The van der Waals surface area contributed by atoms with E-state index >= 15 is 0 Å². The molecule has 10 heavy (non-hydrogen) atoms. The number of carbonyl (C=O) groups is 1. The Hall–Kier alpha value is -0.410. The quantitative estimate of drug-likeness (QED) is 0.533. The van der Waals surface area contributed by atoms with Gasteiger partial charge in [-0.05, 0) is 0 Å². The van der Waals surface area contributed by atoms with Crippen molar-refractivity contribution in [3.8, 4) is 0 Å². The van der Waals surface area contributed by atoms with Crippen molar-refractivity contribution in [1.82, 2.24) is 10.0 Å². The van der Waals surface area contributed by atoms with Crippen LogP contribution in [0.2, 0.25) is 0 Å². The second kappa shape index (κ2) is 4.41. The minimum Gasteiger partial charge on any atom is -0.298 e. The Morgan fingerprint density at radius 1 is 1.30 bits per heavy atom. The molecule has 0 amide bonds. The molecule has 0 radical (unpaired) electrons. The SMILES string of the molecule is CCC(=O)CN(C)N(C)C. The molecule has 0 saturated heterocycles. The van der Waals surface area contributed by atoms with Crippen molar-refractivity contribution in [2.45, 2.75) is 13.3 Å². The molecule has 0 atom stereocenters. The summed E-state index contributed by atoms with van der Waals surface area (Å²) in [6.45, 7) is 2.40. The topological polar surface area (TPSA) is 23.6 Å². The van der Waals surface area contributed by atoms with Gasteiger partial charge in [0, 0.05) is 27.6 Å². The third-order valence-corrected chi connectivity index (χ3v) is 1.48. The number of ketones is 1. The van der Waals surface area contributed by atoms with Crippen LogP contribution < -0.4 is 0 Å². The average molecular weight is 144 g/mol. The lowest BCUT2D eigenvalue weighted by Crippen LogP contribution is -2.36. The van der Waals surface area contributed by atoms with E-state index in [2.05, 4.69) is 0 Å². The van der Waals surface area contributed by atoms with E-state index in [0.29, 0.717) is 13.0 Å². The fourth-order valence-electron chi connectivity index (χ4n) is 0.508. The molecule has 0 aliphatic carbocycles. The fraction of sp³-hybridized carbons (Fsp3) is 0.857. The third-order valence-electron chi connectivity index (χ3n) is 1.48. The first-order chi connectivity index (χ1) is 4.57. The van der Waals surface area contributed by atoms with Gasteiger partial charge in [-0.25, -0.2) is 10.0 Å². The third kappa shape index (κ3) is 3.58. The molecule has 0 aromatic rings. The van der Waals surface area contributed by atoms with E-state index in [-0.39, 0.29) is 5.78 Å². The zero-order valence-corrected chi connectivity index (χ0v) is 7.22. The van der Waals surface area contributed by atoms with Crippen LogP contribution in [-0.4, -0.2) is 43.5 Å². The Bertz CT molecular complexity index is 112. The smallest absolute Gasteiger partial charge is 0.148 e. The summed E-state index contributed by atoms with van der Waals surface area (Å²) in [4.78, 5) is 10.9.